The van der Waals surface area contributed by atoms with Crippen molar-refractivity contribution in [3.8, 4) is 0 Å². The molecular weight excluding hydrogens is 454 g/mol. The van der Waals surface area contributed by atoms with E-state index in [1.54, 1.807) is 42.2 Å². The number of carbonyl (C=O) groups is 2. The summed E-state index contributed by atoms with van der Waals surface area (Å²) in [5.41, 5.74) is 0.576. The highest BCUT2D eigenvalue weighted by Gasteiger charge is 2.71. The number of nitrogens with one attached hydrogen (secondary N) is 1. The van der Waals surface area contributed by atoms with Crippen molar-refractivity contribution < 1.29 is 9.59 Å². The smallest absolute Gasteiger partial charge is 0.305 e. The second-order valence-corrected chi connectivity index (χ2v) is 12.0. The zero-order valence-electron chi connectivity index (χ0n) is 16.9. The van der Waals surface area contributed by atoms with Crippen molar-refractivity contribution in [1.29, 1.82) is 0 Å². The average molecular weight is 474 g/mol. The van der Waals surface area contributed by atoms with Crippen molar-refractivity contribution >= 4 is 52.7 Å². The van der Waals surface area contributed by atoms with E-state index in [0.717, 1.165) is 26.9 Å². The monoisotopic (exact) mass is 473 g/mol. The van der Waals surface area contributed by atoms with E-state index in [-0.39, 0.29) is 56.9 Å². The number of hydrazone groups is 1. The molecule has 2 saturated carbocycles. The van der Waals surface area contributed by atoms with Gasteiger partial charge in [-0.25, -0.2) is 0 Å². The van der Waals surface area contributed by atoms with Crippen LogP contribution >= 0.6 is 34.7 Å². The Morgan fingerprint density at radius 2 is 1.81 bits per heavy atom. The molecule has 6 nitrogen and oxygen atoms in total. The number of nitrogens with zero attached hydrogens (tertiary/aromatic N) is 2. The summed E-state index contributed by atoms with van der Waals surface area (Å²) in [6, 6.07) is 7.10. The first kappa shape index (κ1) is 19.8. The van der Waals surface area contributed by atoms with E-state index in [1.165, 1.54) is 11.3 Å². The molecule has 31 heavy (non-hydrogen) atoms. The van der Waals surface area contributed by atoms with Crippen LogP contribution in [0.25, 0.3) is 0 Å². The second kappa shape index (κ2) is 6.56. The maximum absolute atomic E-state index is 13.3. The van der Waals surface area contributed by atoms with Gasteiger partial charge in [-0.3, -0.25) is 14.4 Å². The fraction of sp³-hybridized carbons (Fsp3) is 0.455. The lowest BCUT2D eigenvalue weighted by Gasteiger charge is -2.47. The molecule has 2 bridgehead atoms. The molecule has 0 unspecified atom stereocenters. The highest BCUT2D eigenvalue weighted by molar-refractivity contribution is 8.00. The molecule has 3 fully saturated rings. The molecule has 1 saturated heterocycles. The van der Waals surface area contributed by atoms with Crippen molar-refractivity contribution in [3.05, 3.63) is 49.4 Å². The zero-order chi connectivity index (χ0) is 21.7. The van der Waals surface area contributed by atoms with Crippen molar-refractivity contribution in [2.24, 2.45) is 34.7 Å². The van der Waals surface area contributed by atoms with Gasteiger partial charge in [-0.2, -0.15) is 10.1 Å². The van der Waals surface area contributed by atoms with Crippen LogP contribution in [0.3, 0.4) is 0 Å². The summed E-state index contributed by atoms with van der Waals surface area (Å²) in [5.74, 6) is -0.448. The van der Waals surface area contributed by atoms with Crippen LogP contribution in [-0.2, 0) is 15.0 Å². The number of fused-ring (bicyclic) bond motifs is 9. The molecule has 2 aliphatic heterocycles. The van der Waals surface area contributed by atoms with Gasteiger partial charge < -0.3 is 4.98 Å². The molecule has 2 amide bonds. The summed E-state index contributed by atoms with van der Waals surface area (Å²) in [6.07, 6.45) is 2.44. The molecule has 0 spiro atoms. The predicted molar refractivity (Wildman–Crippen MR) is 121 cm³/mol. The van der Waals surface area contributed by atoms with Crippen molar-refractivity contribution in [2.75, 3.05) is 0 Å². The van der Waals surface area contributed by atoms with E-state index in [0.29, 0.717) is 5.02 Å². The van der Waals surface area contributed by atoms with Gasteiger partial charge in [0.2, 0.25) is 0 Å². The van der Waals surface area contributed by atoms with Crippen LogP contribution in [0.1, 0.15) is 30.7 Å². The summed E-state index contributed by atoms with van der Waals surface area (Å²) >= 11 is 8.90. The van der Waals surface area contributed by atoms with Gasteiger partial charge in [0.25, 0.3) is 11.8 Å². The summed E-state index contributed by atoms with van der Waals surface area (Å²) < 4.78 is 0. The Balaban J connectivity index is 1.33. The lowest BCUT2D eigenvalue weighted by Crippen LogP contribution is -2.48. The predicted octanol–water partition coefficient (Wildman–Crippen LogP) is 3.74. The van der Waals surface area contributed by atoms with E-state index < -0.39 is 0 Å². The van der Waals surface area contributed by atoms with Gasteiger partial charge in [-0.1, -0.05) is 48.9 Å². The van der Waals surface area contributed by atoms with E-state index in [2.05, 4.69) is 23.9 Å². The Hall–Kier alpha value is -1.90. The van der Waals surface area contributed by atoms with Crippen molar-refractivity contribution in [2.45, 2.75) is 36.0 Å². The number of aromatic nitrogens is 1. The number of H-pyrrole nitrogens is 1. The lowest BCUT2D eigenvalue weighted by atomic mass is 9.64. The van der Waals surface area contributed by atoms with Gasteiger partial charge in [-0.15, -0.1) is 11.8 Å². The molecular formula is C22H20ClN3O3S2. The van der Waals surface area contributed by atoms with Crippen LogP contribution < -0.4 is 4.87 Å². The van der Waals surface area contributed by atoms with Crippen LogP contribution in [0.2, 0.25) is 5.02 Å². The largest absolute Gasteiger partial charge is 0.307 e. The van der Waals surface area contributed by atoms with E-state index in [1.807, 2.05) is 0 Å². The first-order valence-corrected chi connectivity index (χ1v) is 12.4. The SMILES string of the molecule is CC1(C)c2sc(=O)[nH]c2S[C@@H]2[C@H]3C[C@@H]([C@H]4C(=O)N(/N=C\c5ccc(Cl)cc5)C(=O)[C@H]34)[C@@H]21. The standard InChI is InChI=1S/C22H20ClN3O3S2/c1-22(2)15-11-7-12(16(15)30-18-17(22)31-21(29)25-18)14-13(11)19(27)26(20(14)28)24-8-9-3-5-10(23)6-4-9/h3-6,8,11-16H,7H2,1-2H3,(H,25,29)/b24-8-/t11-,12-,13+,14+,15-,16+/m0/s1. The molecule has 1 aromatic carbocycles. The number of thioether (sulfide) groups is 1. The van der Waals surface area contributed by atoms with Crippen LogP contribution in [0, 0.1) is 29.6 Å². The number of amides is 2. The maximum atomic E-state index is 13.3. The quantitative estimate of drug-likeness (QED) is 0.532. The summed E-state index contributed by atoms with van der Waals surface area (Å²) in [6.45, 7) is 4.36. The van der Waals surface area contributed by atoms with Crippen LogP contribution in [0.5, 0.6) is 0 Å². The van der Waals surface area contributed by atoms with E-state index in [9.17, 15) is 14.4 Å². The fourth-order valence-corrected chi connectivity index (χ4v) is 9.70. The molecule has 160 valence electrons. The van der Waals surface area contributed by atoms with Crippen molar-refractivity contribution in [1.82, 2.24) is 9.99 Å². The Morgan fingerprint density at radius 3 is 2.52 bits per heavy atom. The summed E-state index contributed by atoms with van der Waals surface area (Å²) in [5, 5.41) is 7.16. The third kappa shape index (κ3) is 2.64. The molecule has 4 aliphatic rings. The number of benzene rings is 1. The van der Waals surface area contributed by atoms with Crippen LogP contribution in [-0.4, -0.2) is 33.3 Å². The van der Waals surface area contributed by atoms with Crippen molar-refractivity contribution in [3.63, 3.8) is 0 Å². The highest BCUT2D eigenvalue weighted by atomic mass is 35.5. The maximum Gasteiger partial charge on any atom is 0.305 e. The molecule has 2 aromatic rings. The molecule has 1 aromatic heterocycles. The van der Waals surface area contributed by atoms with Gasteiger partial charge in [0.15, 0.2) is 0 Å². The lowest BCUT2D eigenvalue weighted by molar-refractivity contribution is -0.140. The molecule has 2 aliphatic carbocycles. The van der Waals surface area contributed by atoms with E-state index >= 15 is 0 Å². The molecule has 0 radical (unpaired) electrons. The third-order valence-electron chi connectivity index (χ3n) is 7.56. The highest BCUT2D eigenvalue weighted by Crippen LogP contribution is 2.68. The first-order valence-electron chi connectivity index (χ1n) is 10.3. The topological polar surface area (TPSA) is 82.6 Å². The van der Waals surface area contributed by atoms with Gasteiger partial charge >= 0.3 is 4.87 Å². The number of aromatic amines is 1. The second-order valence-electron chi connectivity index (χ2n) is 9.40. The number of hydrogen-bond donors (Lipinski definition) is 1. The average Bonchev–Trinajstić information content (AvgIpc) is 3.44. The van der Waals surface area contributed by atoms with Crippen LogP contribution in [0.15, 0.2) is 39.2 Å². The number of carbonyl (C=O) groups excluding carboxylic acids is 2. The molecule has 6 atom stereocenters. The zero-order valence-corrected chi connectivity index (χ0v) is 19.3. The summed E-state index contributed by atoms with van der Waals surface area (Å²) in [4.78, 5) is 42.6. The summed E-state index contributed by atoms with van der Waals surface area (Å²) in [7, 11) is 0. The van der Waals surface area contributed by atoms with Gasteiger partial charge in [0.1, 0.15) is 0 Å². The Bertz CT molecular complexity index is 1200. The minimum atomic E-state index is -0.309. The third-order valence-corrected chi connectivity index (χ3v) is 10.6. The van der Waals surface area contributed by atoms with Gasteiger partial charge in [-0.05, 0) is 41.9 Å². The van der Waals surface area contributed by atoms with Gasteiger partial charge in [0.05, 0.1) is 23.1 Å². The first-order chi connectivity index (χ1) is 14.8. The number of halogens is 1. The number of rotatable bonds is 2. The minimum absolute atomic E-state index is 0.0343. The minimum Gasteiger partial charge on any atom is -0.307 e. The van der Waals surface area contributed by atoms with Gasteiger partial charge in [0, 0.05) is 20.6 Å². The fourth-order valence-electron chi connectivity index (χ4n) is 6.43. The molecule has 6 rings (SSSR count). The molecule has 9 heteroatoms. The normalized spacial score (nSPS) is 35.0. The Kier molecular flexibility index (Phi) is 4.18. The van der Waals surface area contributed by atoms with Crippen LogP contribution in [0.4, 0.5) is 0 Å². The Morgan fingerprint density at radius 1 is 1.13 bits per heavy atom. The number of thiazole rings is 1. The molecule has 3 heterocycles. The van der Waals surface area contributed by atoms with E-state index in [4.69, 9.17) is 11.6 Å². The molecule has 1 N–H and O–H groups in total. The number of hydrogen-bond acceptors (Lipinski definition) is 6. The number of imide groups is 1. The Labute approximate surface area is 192 Å².